The van der Waals surface area contributed by atoms with E-state index in [0.29, 0.717) is 31.2 Å². The maximum Gasteiger partial charge on any atom is 0.244 e. The van der Waals surface area contributed by atoms with Gasteiger partial charge in [-0.2, -0.15) is 10.4 Å². The fraction of sp³-hybridized carbons (Fsp3) is 0.583. The Morgan fingerprint density at radius 3 is 2.89 bits per heavy atom. The van der Waals surface area contributed by atoms with Crippen LogP contribution >= 0.6 is 0 Å². The number of carbonyl (C=O) groups excluding carboxylic acids is 1. The fourth-order valence-corrected chi connectivity index (χ4v) is 1.65. The van der Waals surface area contributed by atoms with Gasteiger partial charge in [0.2, 0.25) is 5.91 Å². The van der Waals surface area contributed by atoms with Crippen LogP contribution in [0.25, 0.3) is 0 Å². The van der Waals surface area contributed by atoms with Crippen LogP contribution in [0.15, 0.2) is 12.3 Å². The molecule has 0 aliphatic rings. The minimum Gasteiger partial charge on any atom is -0.382 e. The first-order valence-corrected chi connectivity index (χ1v) is 5.96. The second-order valence-electron chi connectivity index (χ2n) is 4.58. The highest BCUT2D eigenvalue weighted by Gasteiger charge is 2.15. The van der Waals surface area contributed by atoms with Gasteiger partial charge in [-0.15, -0.1) is 0 Å². The fourth-order valence-electron chi connectivity index (χ4n) is 1.65. The predicted octanol–water partition coefficient (Wildman–Crippen LogP) is 0.864. The van der Waals surface area contributed by atoms with Crippen molar-refractivity contribution >= 4 is 11.7 Å². The number of anilines is 1. The van der Waals surface area contributed by atoms with Crippen LogP contribution in [0.3, 0.4) is 0 Å². The Labute approximate surface area is 107 Å². The van der Waals surface area contributed by atoms with Gasteiger partial charge in [0.25, 0.3) is 0 Å². The highest BCUT2D eigenvalue weighted by atomic mass is 16.2. The van der Waals surface area contributed by atoms with E-state index in [0.717, 1.165) is 0 Å². The van der Waals surface area contributed by atoms with Crippen LogP contribution in [0.2, 0.25) is 0 Å². The molecule has 0 aliphatic carbocycles. The zero-order valence-corrected chi connectivity index (χ0v) is 10.8. The summed E-state index contributed by atoms with van der Waals surface area (Å²) >= 11 is 0. The van der Waals surface area contributed by atoms with Gasteiger partial charge in [0.1, 0.15) is 12.4 Å². The van der Waals surface area contributed by atoms with E-state index in [1.807, 2.05) is 13.8 Å². The minimum absolute atomic E-state index is 0.0398. The van der Waals surface area contributed by atoms with Gasteiger partial charge in [0, 0.05) is 19.3 Å². The summed E-state index contributed by atoms with van der Waals surface area (Å²) in [5, 5.41) is 12.6. The number of rotatable bonds is 6. The van der Waals surface area contributed by atoms with Crippen molar-refractivity contribution < 1.29 is 4.79 Å². The molecule has 1 amide bonds. The molecule has 0 fully saturated rings. The molecule has 0 atom stereocenters. The van der Waals surface area contributed by atoms with Crippen LogP contribution in [0.1, 0.15) is 20.3 Å². The maximum atomic E-state index is 12.1. The lowest BCUT2D eigenvalue weighted by Gasteiger charge is -2.23. The van der Waals surface area contributed by atoms with Crippen molar-refractivity contribution in [3.63, 3.8) is 0 Å². The van der Waals surface area contributed by atoms with E-state index in [2.05, 4.69) is 11.2 Å². The van der Waals surface area contributed by atoms with Crippen LogP contribution in [-0.4, -0.2) is 33.7 Å². The van der Waals surface area contributed by atoms with Crippen LogP contribution < -0.4 is 5.73 Å². The zero-order valence-electron chi connectivity index (χ0n) is 10.8. The first-order chi connectivity index (χ1) is 8.52. The summed E-state index contributed by atoms with van der Waals surface area (Å²) in [7, 11) is 0. The number of nitriles is 1. The molecule has 0 saturated carbocycles. The lowest BCUT2D eigenvalue weighted by molar-refractivity contribution is -0.132. The number of carbonyl (C=O) groups is 1. The molecule has 0 aliphatic heterocycles. The largest absolute Gasteiger partial charge is 0.382 e. The second-order valence-corrected chi connectivity index (χ2v) is 4.58. The molecular weight excluding hydrogens is 230 g/mol. The van der Waals surface area contributed by atoms with Crippen molar-refractivity contribution in [3.8, 4) is 6.07 Å². The van der Waals surface area contributed by atoms with Crippen molar-refractivity contribution in [1.29, 1.82) is 5.26 Å². The van der Waals surface area contributed by atoms with E-state index in [-0.39, 0.29) is 12.5 Å². The zero-order chi connectivity index (χ0) is 13.5. The first kappa shape index (κ1) is 14.0. The van der Waals surface area contributed by atoms with Gasteiger partial charge >= 0.3 is 0 Å². The summed E-state index contributed by atoms with van der Waals surface area (Å²) in [6.45, 7) is 5.36. The number of nitrogens with two attached hydrogens (primary N) is 1. The Morgan fingerprint density at radius 1 is 1.67 bits per heavy atom. The molecule has 1 aromatic rings. The number of hydrogen-bond donors (Lipinski definition) is 1. The van der Waals surface area contributed by atoms with Crippen LogP contribution in [0.4, 0.5) is 5.82 Å². The number of amides is 1. The number of nitrogens with zero attached hydrogens (tertiary/aromatic N) is 4. The molecule has 0 saturated heterocycles. The Morgan fingerprint density at radius 2 is 2.39 bits per heavy atom. The third-order valence-corrected chi connectivity index (χ3v) is 2.39. The molecule has 0 bridgehead atoms. The molecule has 98 valence electrons. The average molecular weight is 249 g/mol. The van der Waals surface area contributed by atoms with E-state index in [9.17, 15) is 4.79 Å². The SMILES string of the molecule is CC(C)CN(CCC#N)C(=O)Cn1ccc(N)n1. The van der Waals surface area contributed by atoms with Gasteiger partial charge in [-0.25, -0.2) is 0 Å². The van der Waals surface area contributed by atoms with Gasteiger partial charge in [0.15, 0.2) is 0 Å². The van der Waals surface area contributed by atoms with E-state index in [1.54, 1.807) is 17.2 Å². The van der Waals surface area contributed by atoms with Gasteiger partial charge in [-0.3, -0.25) is 9.48 Å². The molecule has 0 radical (unpaired) electrons. The van der Waals surface area contributed by atoms with Gasteiger partial charge < -0.3 is 10.6 Å². The molecular formula is C12H19N5O. The predicted molar refractivity (Wildman–Crippen MR) is 68.3 cm³/mol. The Hall–Kier alpha value is -2.03. The first-order valence-electron chi connectivity index (χ1n) is 5.96. The van der Waals surface area contributed by atoms with E-state index in [4.69, 9.17) is 11.0 Å². The van der Waals surface area contributed by atoms with Gasteiger partial charge in [-0.05, 0) is 12.0 Å². The molecule has 2 N–H and O–H groups in total. The summed E-state index contributed by atoms with van der Waals surface area (Å²) in [6, 6.07) is 3.71. The summed E-state index contributed by atoms with van der Waals surface area (Å²) < 4.78 is 1.51. The molecule has 1 aromatic heterocycles. The highest BCUT2D eigenvalue weighted by molar-refractivity contribution is 5.76. The van der Waals surface area contributed by atoms with Crippen LogP contribution in [-0.2, 0) is 11.3 Å². The Kier molecular flexibility index (Phi) is 5.18. The molecule has 0 aromatic carbocycles. The molecule has 6 heteroatoms. The normalized spacial score (nSPS) is 10.3. The quantitative estimate of drug-likeness (QED) is 0.810. The highest BCUT2D eigenvalue weighted by Crippen LogP contribution is 2.03. The van der Waals surface area contributed by atoms with Crippen LogP contribution in [0, 0.1) is 17.2 Å². The van der Waals surface area contributed by atoms with Crippen molar-refractivity contribution in [3.05, 3.63) is 12.3 Å². The second kappa shape index (κ2) is 6.64. The van der Waals surface area contributed by atoms with Gasteiger partial charge in [-0.1, -0.05) is 13.8 Å². The van der Waals surface area contributed by atoms with E-state index in [1.165, 1.54) is 4.68 Å². The Balaban J connectivity index is 2.60. The Bertz CT molecular complexity index is 432. The standard InChI is InChI=1S/C12H19N5O/c1-10(2)8-16(6-3-5-13)12(18)9-17-7-4-11(14)15-17/h4,7,10H,3,6,8-9H2,1-2H3,(H2,14,15). The van der Waals surface area contributed by atoms with Crippen molar-refractivity contribution in [1.82, 2.24) is 14.7 Å². The monoisotopic (exact) mass is 249 g/mol. The average Bonchev–Trinajstić information content (AvgIpc) is 2.69. The minimum atomic E-state index is -0.0398. The van der Waals surface area contributed by atoms with E-state index >= 15 is 0 Å². The number of nitrogen functional groups attached to an aromatic ring is 1. The van der Waals surface area contributed by atoms with Gasteiger partial charge in [0.05, 0.1) is 12.5 Å². The molecule has 0 spiro atoms. The van der Waals surface area contributed by atoms with Crippen molar-refractivity contribution in [2.24, 2.45) is 5.92 Å². The molecule has 1 heterocycles. The van der Waals surface area contributed by atoms with Crippen LogP contribution in [0.5, 0.6) is 0 Å². The number of aromatic nitrogens is 2. The van der Waals surface area contributed by atoms with E-state index < -0.39 is 0 Å². The number of hydrogen-bond acceptors (Lipinski definition) is 4. The molecule has 1 rings (SSSR count). The maximum absolute atomic E-state index is 12.1. The summed E-state index contributed by atoms with van der Waals surface area (Å²) in [5.41, 5.74) is 5.49. The summed E-state index contributed by atoms with van der Waals surface area (Å²) in [4.78, 5) is 13.8. The molecule has 0 unspecified atom stereocenters. The lowest BCUT2D eigenvalue weighted by atomic mass is 10.2. The summed E-state index contributed by atoms with van der Waals surface area (Å²) in [6.07, 6.45) is 2.02. The topological polar surface area (TPSA) is 87.9 Å². The molecule has 6 nitrogen and oxygen atoms in total. The van der Waals surface area contributed by atoms with Crippen molar-refractivity contribution in [2.45, 2.75) is 26.8 Å². The smallest absolute Gasteiger partial charge is 0.244 e. The van der Waals surface area contributed by atoms with Crippen molar-refractivity contribution in [2.75, 3.05) is 18.8 Å². The molecule has 18 heavy (non-hydrogen) atoms. The lowest BCUT2D eigenvalue weighted by Crippen LogP contribution is -2.37. The third kappa shape index (κ3) is 4.45. The third-order valence-electron chi connectivity index (χ3n) is 2.39. The summed E-state index contributed by atoms with van der Waals surface area (Å²) in [5.74, 6) is 0.729.